The van der Waals surface area contributed by atoms with E-state index in [2.05, 4.69) is 17.0 Å². The second-order valence-electron chi connectivity index (χ2n) is 7.17. The molecule has 4 rings (SSSR count). The SMILES string of the molecule is O=c1sn(C2CCN(Cc3ccccc3)CC2)c(=O)n1Cc1ccc(F)cc1. The van der Waals surface area contributed by atoms with Crippen molar-refractivity contribution in [2.75, 3.05) is 13.1 Å². The van der Waals surface area contributed by atoms with E-state index < -0.39 is 0 Å². The summed E-state index contributed by atoms with van der Waals surface area (Å²) in [6.07, 6.45) is 1.70. The lowest BCUT2D eigenvalue weighted by Gasteiger charge is -2.31. The number of nitrogens with zero attached hydrogens (tertiary/aromatic N) is 3. The molecule has 7 heteroatoms. The van der Waals surface area contributed by atoms with Crippen molar-refractivity contribution in [1.29, 1.82) is 0 Å². The largest absolute Gasteiger partial charge is 0.341 e. The van der Waals surface area contributed by atoms with Crippen molar-refractivity contribution in [3.05, 3.63) is 91.7 Å². The maximum atomic E-state index is 13.1. The molecular weight excluding hydrogens is 377 g/mol. The Morgan fingerprint density at radius 1 is 0.893 bits per heavy atom. The summed E-state index contributed by atoms with van der Waals surface area (Å²) in [4.78, 5) is 27.3. The van der Waals surface area contributed by atoms with Gasteiger partial charge in [0.1, 0.15) is 5.82 Å². The summed E-state index contributed by atoms with van der Waals surface area (Å²) in [5, 5.41) is 0. The maximum absolute atomic E-state index is 13.1. The molecule has 3 aromatic rings. The zero-order valence-corrected chi connectivity index (χ0v) is 16.3. The summed E-state index contributed by atoms with van der Waals surface area (Å²) >= 11 is 0.994. The summed E-state index contributed by atoms with van der Waals surface area (Å²) < 4.78 is 15.9. The van der Waals surface area contributed by atoms with E-state index in [1.165, 1.54) is 22.3 Å². The minimum absolute atomic E-state index is 0.0618. The van der Waals surface area contributed by atoms with E-state index in [4.69, 9.17) is 0 Å². The molecule has 0 spiro atoms. The molecule has 0 saturated carbocycles. The topological polar surface area (TPSA) is 47.2 Å². The number of benzene rings is 2. The van der Waals surface area contributed by atoms with Gasteiger partial charge in [-0.05, 0) is 36.1 Å². The highest BCUT2D eigenvalue weighted by atomic mass is 32.1. The zero-order chi connectivity index (χ0) is 19.5. The van der Waals surface area contributed by atoms with Gasteiger partial charge < -0.3 is 0 Å². The Morgan fingerprint density at radius 2 is 1.54 bits per heavy atom. The van der Waals surface area contributed by atoms with Crippen LogP contribution in [-0.2, 0) is 13.1 Å². The van der Waals surface area contributed by atoms with E-state index in [-0.39, 0.29) is 29.0 Å². The molecule has 0 aliphatic carbocycles. The van der Waals surface area contributed by atoms with Gasteiger partial charge in [0.2, 0.25) is 0 Å². The summed E-state index contributed by atoms with van der Waals surface area (Å²) in [6.45, 7) is 2.88. The molecule has 28 heavy (non-hydrogen) atoms. The van der Waals surface area contributed by atoms with Gasteiger partial charge in [-0.15, -0.1) is 0 Å². The van der Waals surface area contributed by atoms with Crippen LogP contribution in [0.15, 0.2) is 64.2 Å². The van der Waals surface area contributed by atoms with Crippen molar-refractivity contribution in [2.24, 2.45) is 0 Å². The molecule has 2 heterocycles. The van der Waals surface area contributed by atoms with Crippen molar-refractivity contribution in [1.82, 2.24) is 13.4 Å². The lowest BCUT2D eigenvalue weighted by molar-refractivity contribution is 0.182. The van der Waals surface area contributed by atoms with Gasteiger partial charge >= 0.3 is 10.6 Å². The predicted octanol–water partition coefficient (Wildman–Crippen LogP) is 3.10. The third kappa shape index (κ3) is 4.15. The molecule has 0 radical (unpaired) electrons. The molecule has 1 aromatic heterocycles. The first-order valence-corrected chi connectivity index (χ1v) is 10.2. The molecule has 0 bridgehead atoms. The van der Waals surface area contributed by atoms with Crippen LogP contribution < -0.4 is 10.6 Å². The molecular formula is C21H22FN3O2S. The molecule has 146 valence electrons. The number of halogens is 1. The molecule has 0 atom stereocenters. The van der Waals surface area contributed by atoms with Crippen LogP contribution in [0.1, 0.15) is 30.0 Å². The van der Waals surface area contributed by atoms with Crippen LogP contribution >= 0.6 is 11.5 Å². The lowest BCUT2D eigenvalue weighted by atomic mass is 10.0. The Kier molecular flexibility index (Phi) is 5.54. The highest BCUT2D eigenvalue weighted by molar-refractivity contribution is 7.03. The Balaban J connectivity index is 1.43. The average Bonchev–Trinajstić information content (AvgIpc) is 2.99. The molecule has 2 aromatic carbocycles. The molecule has 1 aliphatic heterocycles. The van der Waals surface area contributed by atoms with E-state index in [0.29, 0.717) is 0 Å². The second-order valence-corrected chi connectivity index (χ2v) is 8.10. The summed E-state index contributed by atoms with van der Waals surface area (Å²) in [5.41, 5.74) is 1.76. The fraction of sp³-hybridized carbons (Fsp3) is 0.333. The molecule has 0 amide bonds. The maximum Gasteiger partial charge on any atom is 0.341 e. The molecule has 1 aliphatic rings. The Hall–Kier alpha value is -2.51. The standard InChI is InChI=1S/C21H22FN3O2S/c22-18-8-6-17(7-9-18)15-24-20(26)25(28-21(24)27)19-10-12-23(13-11-19)14-16-4-2-1-3-5-16/h1-9,19H,10-15H2. The molecule has 0 N–H and O–H groups in total. The van der Waals surface area contributed by atoms with Crippen LogP contribution in [0, 0.1) is 5.82 Å². The van der Waals surface area contributed by atoms with E-state index in [0.717, 1.165) is 49.6 Å². The zero-order valence-electron chi connectivity index (χ0n) is 15.5. The predicted molar refractivity (Wildman–Crippen MR) is 108 cm³/mol. The summed E-state index contributed by atoms with van der Waals surface area (Å²) in [7, 11) is 0. The highest BCUT2D eigenvalue weighted by Crippen LogP contribution is 2.23. The lowest BCUT2D eigenvalue weighted by Crippen LogP contribution is -2.37. The van der Waals surface area contributed by atoms with Gasteiger partial charge in [0.25, 0.3) is 0 Å². The first-order chi connectivity index (χ1) is 13.6. The quantitative estimate of drug-likeness (QED) is 0.662. The van der Waals surface area contributed by atoms with E-state index in [1.807, 2.05) is 18.2 Å². The van der Waals surface area contributed by atoms with Crippen LogP contribution in [0.3, 0.4) is 0 Å². The van der Waals surface area contributed by atoms with Gasteiger partial charge in [0, 0.05) is 31.2 Å². The van der Waals surface area contributed by atoms with Crippen LogP contribution in [0.2, 0.25) is 0 Å². The fourth-order valence-corrected chi connectivity index (χ4v) is 4.60. The minimum atomic E-state index is -0.332. The molecule has 0 unspecified atom stereocenters. The first-order valence-electron chi connectivity index (χ1n) is 9.43. The fourth-order valence-electron chi connectivity index (χ4n) is 3.66. The van der Waals surface area contributed by atoms with Crippen LogP contribution in [-0.4, -0.2) is 26.5 Å². The third-order valence-corrected chi connectivity index (χ3v) is 6.24. The second kappa shape index (κ2) is 8.24. The van der Waals surface area contributed by atoms with Gasteiger partial charge in [-0.25, -0.2) is 17.7 Å². The smallest absolute Gasteiger partial charge is 0.299 e. The van der Waals surface area contributed by atoms with Gasteiger partial charge in [-0.2, -0.15) is 0 Å². The van der Waals surface area contributed by atoms with Crippen molar-refractivity contribution < 1.29 is 4.39 Å². The van der Waals surface area contributed by atoms with E-state index in [9.17, 15) is 14.0 Å². The third-order valence-electron chi connectivity index (χ3n) is 5.21. The number of likely N-dealkylation sites (tertiary alicyclic amines) is 1. The highest BCUT2D eigenvalue weighted by Gasteiger charge is 2.24. The van der Waals surface area contributed by atoms with Crippen LogP contribution in [0.5, 0.6) is 0 Å². The number of hydrogen-bond donors (Lipinski definition) is 0. The van der Waals surface area contributed by atoms with Gasteiger partial charge in [0.15, 0.2) is 0 Å². The average molecular weight is 399 g/mol. The minimum Gasteiger partial charge on any atom is -0.299 e. The van der Waals surface area contributed by atoms with Gasteiger partial charge in [-0.3, -0.25) is 9.69 Å². The number of piperidine rings is 1. The van der Waals surface area contributed by atoms with Crippen molar-refractivity contribution in [3.63, 3.8) is 0 Å². The van der Waals surface area contributed by atoms with Crippen molar-refractivity contribution in [3.8, 4) is 0 Å². The van der Waals surface area contributed by atoms with Crippen LogP contribution in [0.25, 0.3) is 0 Å². The van der Waals surface area contributed by atoms with Crippen molar-refractivity contribution >= 4 is 11.5 Å². The Morgan fingerprint density at radius 3 is 2.21 bits per heavy atom. The van der Waals surface area contributed by atoms with Gasteiger partial charge in [0.05, 0.1) is 12.6 Å². The normalized spacial score (nSPS) is 15.8. The van der Waals surface area contributed by atoms with Crippen LogP contribution in [0.4, 0.5) is 4.39 Å². The summed E-state index contributed by atoms with van der Waals surface area (Å²) in [6, 6.07) is 16.3. The monoisotopic (exact) mass is 399 g/mol. The molecule has 1 fully saturated rings. The molecule has 1 saturated heterocycles. The Bertz CT molecular complexity index is 1030. The Labute approximate surface area is 166 Å². The number of aromatic nitrogens is 2. The number of hydrogen-bond acceptors (Lipinski definition) is 4. The van der Waals surface area contributed by atoms with E-state index >= 15 is 0 Å². The summed E-state index contributed by atoms with van der Waals surface area (Å²) in [5.74, 6) is -0.332. The van der Waals surface area contributed by atoms with Crippen molar-refractivity contribution in [2.45, 2.75) is 32.0 Å². The molecule has 5 nitrogen and oxygen atoms in total. The number of rotatable bonds is 5. The van der Waals surface area contributed by atoms with E-state index in [1.54, 1.807) is 16.1 Å². The first kappa shape index (κ1) is 18.8. The van der Waals surface area contributed by atoms with Gasteiger partial charge in [-0.1, -0.05) is 42.5 Å².